The van der Waals surface area contributed by atoms with Gasteiger partial charge in [-0.1, -0.05) is 25.5 Å². The monoisotopic (exact) mass is 458 g/mol. The number of amides is 1. The van der Waals surface area contributed by atoms with Crippen LogP contribution in [0.15, 0.2) is 70.0 Å². The van der Waals surface area contributed by atoms with Gasteiger partial charge in [-0.25, -0.2) is 9.37 Å². The summed E-state index contributed by atoms with van der Waals surface area (Å²) in [5.41, 5.74) is 1.51. The van der Waals surface area contributed by atoms with Gasteiger partial charge in [-0.05, 0) is 66.9 Å². The third-order valence-corrected chi connectivity index (χ3v) is 5.94. The zero-order chi connectivity index (χ0) is 23.8. The summed E-state index contributed by atoms with van der Waals surface area (Å²) < 4.78 is 25.6. The number of aromatic nitrogens is 1. The number of rotatable bonds is 6. The molecule has 0 bridgehead atoms. The molecule has 1 amide bonds. The first-order valence-corrected chi connectivity index (χ1v) is 11.2. The number of nitrogens with zero attached hydrogens (tertiary/aromatic N) is 2. The molecular weight excluding hydrogens is 435 g/mol. The number of fused-ring (bicyclic) bond motifs is 2. The maximum atomic E-state index is 13.9. The summed E-state index contributed by atoms with van der Waals surface area (Å²) in [6.45, 7) is 4.61. The maximum absolute atomic E-state index is 13.9. The number of aryl methyl sites for hydroxylation is 1. The normalized spacial score (nSPS) is 15.1. The fourth-order valence-electron chi connectivity index (χ4n) is 4.23. The molecule has 0 saturated heterocycles. The third-order valence-electron chi connectivity index (χ3n) is 5.94. The van der Waals surface area contributed by atoms with Crippen LogP contribution in [0.3, 0.4) is 0 Å². The van der Waals surface area contributed by atoms with Gasteiger partial charge in [0.25, 0.3) is 5.91 Å². The van der Waals surface area contributed by atoms with E-state index in [1.807, 2.05) is 37.3 Å². The highest BCUT2D eigenvalue weighted by molar-refractivity contribution is 6.10. The highest BCUT2D eigenvalue weighted by Gasteiger charge is 2.44. The average molecular weight is 458 g/mol. The fraction of sp³-hybridized carbons (Fsp3) is 0.222. The van der Waals surface area contributed by atoms with Crippen molar-refractivity contribution in [2.24, 2.45) is 0 Å². The number of ether oxygens (including phenoxy) is 1. The van der Waals surface area contributed by atoms with Crippen LogP contribution in [0.5, 0.6) is 5.75 Å². The summed E-state index contributed by atoms with van der Waals surface area (Å²) in [6, 6.07) is 13.8. The molecule has 0 radical (unpaired) electrons. The van der Waals surface area contributed by atoms with Gasteiger partial charge in [0.1, 0.15) is 23.0 Å². The Kier molecular flexibility index (Phi) is 5.61. The lowest BCUT2D eigenvalue weighted by atomic mass is 9.98. The Morgan fingerprint density at radius 1 is 1.09 bits per heavy atom. The molecule has 172 valence electrons. The van der Waals surface area contributed by atoms with Crippen LogP contribution in [0.4, 0.5) is 10.2 Å². The molecule has 1 aliphatic heterocycles. The summed E-state index contributed by atoms with van der Waals surface area (Å²) >= 11 is 0. The van der Waals surface area contributed by atoms with Gasteiger partial charge in [0, 0.05) is 6.20 Å². The van der Waals surface area contributed by atoms with E-state index < -0.39 is 23.2 Å². The Morgan fingerprint density at radius 3 is 2.62 bits per heavy atom. The van der Waals surface area contributed by atoms with E-state index in [9.17, 15) is 14.0 Å². The van der Waals surface area contributed by atoms with E-state index in [1.165, 1.54) is 17.0 Å². The van der Waals surface area contributed by atoms with Crippen LogP contribution in [0.1, 0.15) is 53.1 Å². The van der Waals surface area contributed by atoms with E-state index in [1.54, 1.807) is 12.3 Å². The van der Waals surface area contributed by atoms with Crippen molar-refractivity contribution >= 4 is 22.7 Å². The van der Waals surface area contributed by atoms with Gasteiger partial charge in [0.05, 0.1) is 23.6 Å². The van der Waals surface area contributed by atoms with Gasteiger partial charge >= 0.3 is 0 Å². The number of hydrogen-bond donors (Lipinski definition) is 0. The summed E-state index contributed by atoms with van der Waals surface area (Å²) in [4.78, 5) is 32.9. The highest BCUT2D eigenvalue weighted by atomic mass is 19.1. The van der Waals surface area contributed by atoms with Crippen LogP contribution in [-0.2, 0) is 0 Å². The predicted molar refractivity (Wildman–Crippen MR) is 127 cm³/mol. The summed E-state index contributed by atoms with van der Waals surface area (Å²) in [5.74, 6) is 0.0331. The zero-order valence-corrected chi connectivity index (χ0v) is 18.9. The lowest BCUT2D eigenvalue weighted by Gasteiger charge is -2.24. The average Bonchev–Trinajstić information content (AvgIpc) is 3.13. The SMILES string of the molecule is CCCCOc1ccc(C2c3c(oc4ccc(F)cc4c3=O)C(=O)N2c2cc(C)ccn2)cc1. The van der Waals surface area contributed by atoms with Crippen LogP contribution < -0.4 is 15.1 Å². The Labute approximate surface area is 195 Å². The maximum Gasteiger partial charge on any atom is 0.296 e. The zero-order valence-electron chi connectivity index (χ0n) is 18.9. The molecule has 4 aromatic rings. The third kappa shape index (κ3) is 3.73. The minimum absolute atomic E-state index is 0.0549. The second-order valence-electron chi connectivity index (χ2n) is 8.35. The lowest BCUT2D eigenvalue weighted by Crippen LogP contribution is -2.30. The van der Waals surface area contributed by atoms with Gasteiger partial charge in [-0.2, -0.15) is 0 Å². The van der Waals surface area contributed by atoms with E-state index >= 15 is 0 Å². The molecule has 6 nitrogen and oxygen atoms in total. The number of hydrogen-bond acceptors (Lipinski definition) is 5. The molecule has 0 fully saturated rings. The molecule has 0 spiro atoms. The van der Waals surface area contributed by atoms with E-state index in [-0.39, 0.29) is 22.3 Å². The Bertz CT molecular complexity index is 1450. The van der Waals surface area contributed by atoms with Crippen molar-refractivity contribution in [1.29, 1.82) is 0 Å². The van der Waals surface area contributed by atoms with Gasteiger partial charge < -0.3 is 9.15 Å². The largest absolute Gasteiger partial charge is 0.494 e. The highest BCUT2D eigenvalue weighted by Crippen LogP contribution is 2.41. The van der Waals surface area contributed by atoms with Crippen LogP contribution in [0.2, 0.25) is 0 Å². The number of benzene rings is 2. The van der Waals surface area contributed by atoms with Gasteiger partial charge in [0.15, 0.2) is 5.43 Å². The van der Waals surface area contributed by atoms with Crippen molar-refractivity contribution in [1.82, 2.24) is 4.98 Å². The lowest BCUT2D eigenvalue weighted by molar-refractivity contribution is 0.0970. The molecule has 1 unspecified atom stereocenters. The molecule has 1 atom stereocenters. The van der Waals surface area contributed by atoms with Gasteiger partial charge in [-0.3, -0.25) is 14.5 Å². The summed E-state index contributed by atoms with van der Waals surface area (Å²) in [6.07, 6.45) is 3.59. The number of anilines is 1. The van der Waals surface area contributed by atoms with E-state index in [0.29, 0.717) is 23.7 Å². The Balaban J connectivity index is 1.68. The Morgan fingerprint density at radius 2 is 1.88 bits per heavy atom. The second-order valence-corrected chi connectivity index (χ2v) is 8.35. The van der Waals surface area contributed by atoms with Crippen LogP contribution in [0.25, 0.3) is 11.0 Å². The number of pyridine rings is 1. The second kappa shape index (κ2) is 8.74. The molecule has 0 N–H and O–H groups in total. The van der Waals surface area contributed by atoms with Crippen molar-refractivity contribution < 1.29 is 18.3 Å². The van der Waals surface area contributed by atoms with Crippen molar-refractivity contribution in [2.45, 2.75) is 32.7 Å². The molecule has 0 saturated carbocycles. The minimum Gasteiger partial charge on any atom is -0.494 e. The summed E-state index contributed by atoms with van der Waals surface area (Å²) in [5, 5.41) is 0.0927. The van der Waals surface area contributed by atoms with E-state index in [0.717, 1.165) is 24.5 Å². The van der Waals surface area contributed by atoms with E-state index in [4.69, 9.17) is 9.15 Å². The standard InChI is InChI=1S/C27H23FN2O4/c1-3-4-13-33-19-8-5-17(6-9-19)24-23-25(31)20-15-18(28)7-10-21(20)34-26(23)27(32)30(24)22-14-16(2)11-12-29-22/h5-12,14-15,24H,3-4,13H2,1-2H3. The minimum atomic E-state index is -0.773. The molecule has 7 heteroatoms. The van der Waals surface area contributed by atoms with Crippen molar-refractivity contribution in [2.75, 3.05) is 11.5 Å². The number of unbranched alkanes of at least 4 members (excludes halogenated alkanes) is 1. The first-order chi connectivity index (χ1) is 16.5. The van der Waals surface area contributed by atoms with Crippen LogP contribution >= 0.6 is 0 Å². The first-order valence-electron chi connectivity index (χ1n) is 11.2. The molecule has 2 aromatic carbocycles. The van der Waals surface area contributed by atoms with Crippen LogP contribution in [0, 0.1) is 12.7 Å². The molecule has 0 aliphatic carbocycles. The predicted octanol–water partition coefficient (Wildman–Crippen LogP) is 5.56. The molecule has 3 heterocycles. The van der Waals surface area contributed by atoms with Gasteiger partial charge in [-0.15, -0.1) is 0 Å². The topological polar surface area (TPSA) is 72.6 Å². The smallest absolute Gasteiger partial charge is 0.296 e. The quantitative estimate of drug-likeness (QED) is 0.354. The van der Waals surface area contributed by atoms with Crippen molar-refractivity contribution in [3.63, 3.8) is 0 Å². The first kappa shape index (κ1) is 21.8. The van der Waals surface area contributed by atoms with Crippen molar-refractivity contribution in [3.8, 4) is 5.75 Å². The molecule has 34 heavy (non-hydrogen) atoms. The Hall–Kier alpha value is -4.00. The van der Waals surface area contributed by atoms with E-state index in [2.05, 4.69) is 11.9 Å². The van der Waals surface area contributed by atoms with Gasteiger partial charge in [0.2, 0.25) is 5.76 Å². The molecule has 2 aromatic heterocycles. The number of carbonyl (C=O) groups is 1. The molecular formula is C27H23FN2O4. The molecule has 5 rings (SSSR count). The summed E-state index contributed by atoms with van der Waals surface area (Å²) in [7, 11) is 0. The number of carbonyl (C=O) groups excluding carboxylic acids is 1. The van der Waals surface area contributed by atoms with Crippen molar-refractivity contribution in [3.05, 3.63) is 99.3 Å². The molecule has 1 aliphatic rings. The van der Waals surface area contributed by atoms with Crippen LogP contribution in [-0.4, -0.2) is 17.5 Å². The fourth-order valence-corrected chi connectivity index (χ4v) is 4.23. The number of halogens is 1.